The Kier molecular flexibility index (Phi) is 5.03. The molecular weight excluding hydrogens is 278 g/mol. The van der Waals surface area contributed by atoms with Crippen LogP contribution in [-0.4, -0.2) is 11.8 Å². The standard InChI is InChI=1S/C17H17N3O2/c1-13(21)18-16(12-14-8-10-20(2)11-9-14)17(22)19-15-6-4-3-5-7-15/h3-12H,1-2H3,(H,19,22)/p+1. The van der Waals surface area contributed by atoms with Crippen molar-refractivity contribution in [1.29, 1.82) is 0 Å². The van der Waals surface area contributed by atoms with Crippen LogP contribution in [0, 0.1) is 0 Å². The van der Waals surface area contributed by atoms with Crippen LogP contribution in [0.15, 0.2) is 60.6 Å². The number of amides is 2. The predicted molar refractivity (Wildman–Crippen MR) is 84.5 cm³/mol. The lowest BCUT2D eigenvalue weighted by Crippen LogP contribution is -2.29. The molecular formula is C17H18N3O2+. The van der Waals surface area contributed by atoms with Gasteiger partial charge in [0.15, 0.2) is 12.4 Å². The van der Waals surface area contributed by atoms with Crippen molar-refractivity contribution in [3.8, 4) is 0 Å². The third-order valence-corrected chi connectivity index (χ3v) is 2.90. The molecule has 2 rings (SSSR count). The molecule has 1 heterocycles. The lowest BCUT2D eigenvalue weighted by atomic mass is 10.2. The van der Waals surface area contributed by atoms with E-state index in [9.17, 15) is 9.59 Å². The van der Waals surface area contributed by atoms with E-state index in [2.05, 4.69) is 10.6 Å². The van der Waals surface area contributed by atoms with E-state index in [1.807, 2.05) is 54.3 Å². The zero-order valence-corrected chi connectivity index (χ0v) is 12.5. The maximum Gasteiger partial charge on any atom is 0.272 e. The summed E-state index contributed by atoms with van der Waals surface area (Å²) in [5.41, 5.74) is 1.69. The van der Waals surface area contributed by atoms with Crippen molar-refractivity contribution in [3.63, 3.8) is 0 Å². The fraction of sp³-hybridized carbons (Fsp3) is 0.118. The van der Waals surface area contributed by atoms with E-state index in [1.54, 1.807) is 18.2 Å². The molecule has 0 fully saturated rings. The Morgan fingerprint density at radius 3 is 2.27 bits per heavy atom. The van der Waals surface area contributed by atoms with Crippen molar-refractivity contribution in [2.45, 2.75) is 6.92 Å². The summed E-state index contributed by atoms with van der Waals surface area (Å²) < 4.78 is 1.89. The van der Waals surface area contributed by atoms with Crippen LogP contribution in [0.2, 0.25) is 0 Å². The second-order valence-electron chi connectivity index (χ2n) is 4.86. The Hall–Kier alpha value is -2.95. The Labute approximate surface area is 129 Å². The minimum Gasteiger partial charge on any atom is -0.322 e. The van der Waals surface area contributed by atoms with Crippen LogP contribution in [0.5, 0.6) is 0 Å². The lowest BCUT2D eigenvalue weighted by Gasteiger charge is -2.09. The Bertz CT molecular complexity index is 692. The minimum atomic E-state index is -0.366. The number of aryl methyl sites for hydroxylation is 1. The number of anilines is 1. The summed E-state index contributed by atoms with van der Waals surface area (Å²) in [5.74, 6) is -0.662. The molecule has 0 saturated carbocycles. The molecule has 2 amide bonds. The van der Waals surface area contributed by atoms with E-state index < -0.39 is 0 Å². The van der Waals surface area contributed by atoms with Crippen LogP contribution in [0.3, 0.4) is 0 Å². The molecule has 0 bridgehead atoms. The Morgan fingerprint density at radius 1 is 1.05 bits per heavy atom. The summed E-state index contributed by atoms with van der Waals surface area (Å²) in [5, 5.41) is 5.32. The number of carbonyl (C=O) groups is 2. The third-order valence-electron chi connectivity index (χ3n) is 2.90. The van der Waals surface area contributed by atoms with E-state index in [0.717, 1.165) is 5.56 Å². The van der Waals surface area contributed by atoms with Gasteiger partial charge in [0.1, 0.15) is 12.7 Å². The molecule has 1 aromatic carbocycles. The molecule has 0 aliphatic carbocycles. The van der Waals surface area contributed by atoms with Crippen LogP contribution in [0.4, 0.5) is 5.69 Å². The minimum absolute atomic E-state index is 0.199. The first-order valence-corrected chi connectivity index (χ1v) is 6.85. The number of hydrogen-bond acceptors (Lipinski definition) is 2. The summed E-state index contributed by atoms with van der Waals surface area (Å²) in [6.45, 7) is 1.37. The highest BCUT2D eigenvalue weighted by atomic mass is 16.2. The highest BCUT2D eigenvalue weighted by Gasteiger charge is 2.11. The molecule has 0 radical (unpaired) electrons. The van der Waals surface area contributed by atoms with Gasteiger partial charge in [-0.2, -0.15) is 0 Å². The molecule has 5 nitrogen and oxygen atoms in total. The second kappa shape index (κ2) is 7.17. The SMILES string of the molecule is CC(=O)N/C(=C\c1cc[n+](C)cc1)C(=O)Nc1ccccc1. The second-order valence-corrected chi connectivity index (χ2v) is 4.86. The van der Waals surface area contributed by atoms with Crippen LogP contribution >= 0.6 is 0 Å². The molecule has 2 N–H and O–H groups in total. The fourth-order valence-corrected chi connectivity index (χ4v) is 1.84. The van der Waals surface area contributed by atoms with Crippen LogP contribution in [-0.2, 0) is 16.6 Å². The molecule has 0 spiro atoms. The molecule has 1 aromatic heterocycles. The van der Waals surface area contributed by atoms with Gasteiger partial charge in [0, 0.05) is 24.7 Å². The summed E-state index contributed by atoms with van der Waals surface area (Å²) in [6, 6.07) is 12.8. The predicted octanol–water partition coefficient (Wildman–Crippen LogP) is 1.63. The van der Waals surface area contributed by atoms with Gasteiger partial charge >= 0.3 is 0 Å². The normalized spacial score (nSPS) is 10.9. The number of nitrogens with one attached hydrogen (secondary N) is 2. The quantitative estimate of drug-likeness (QED) is 0.665. The van der Waals surface area contributed by atoms with Gasteiger partial charge in [0.25, 0.3) is 5.91 Å². The van der Waals surface area contributed by atoms with Gasteiger partial charge in [-0.15, -0.1) is 0 Å². The van der Waals surface area contributed by atoms with Gasteiger partial charge in [-0.05, 0) is 23.8 Å². The van der Waals surface area contributed by atoms with Gasteiger partial charge in [-0.1, -0.05) is 18.2 Å². The van der Waals surface area contributed by atoms with Crippen LogP contribution in [0.25, 0.3) is 6.08 Å². The van der Waals surface area contributed by atoms with Gasteiger partial charge in [0.05, 0.1) is 0 Å². The molecule has 2 aromatic rings. The number of rotatable bonds is 4. The number of pyridine rings is 1. The maximum atomic E-state index is 12.3. The number of para-hydroxylation sites is 1. The van der Waals surface area contributed by atoms with Crippen molar-refractivity contribution < 1.29 is 14.2 Å². The fourth-order valence-electron chi connectivity index (χ4n) is 1.84. The topological polar surface area (TPSA) is 62.1 Å². The van der Waals surface area contributed by atoms with Crippen molar-refractivity contribution >= 4 is 23.6 Å². The van der Waals surface area contributed by atoms with E-state index in [-0.39, 0.29) is 17.5 Å². The number of benzene rings is 1. The molecule has 112 valence electrons. The molecule has 0 aliphatic rings. The first-order valence-electron chi connectivity index (χ1n) is 6.85. The monoisotopic (exact) mass is 296 g/mol. The molecule has 0 atom stereocenters. The van der Waals surface area contributed by atoms with E-state index in [0.29, 0.717) is 5.69 Å². The zero-order chi connectivity index (χ0) is 15.9. The molecule has 5 heteroatoms. The average molecular weight is 296 g/mol. The molecule has 0 unspecified atom stereocenters. The first-order chi connectivity index (χ1) is 10.5. The van der Waals surface area contributed by atoms with Gasteiger partial charge < -0.3 is 10.6 Å². The highest BCUT2D eigenvalue weighted by Crippen LogP contribution is 2.09. The average Bonchev–Trinajstić information content (AvgIpc) is 2.49. The summed E-state index contributed by atoms with van der Waals surface area (Å²) in [4.78, 5) is 23.6. The molecule has 22 heavy (non-hydrogen) atoms. The van der Waals surface area contributed by atoms with Gasteiger partial charge in [-0.3, -0.25) is 9.59 Å². The number of carbonyl (C=O) groups excluding carboxylic acids is 2. The van der Waals surface area contributed by atoms with Crippen molar-refractivity contribution in [1.82, 2.24) is 5.32 Å². The largest absolute Gasteiger partial charge is 0.322 e. The van der Waals surface area contributed by atoms with Crippen molar-refractivity contribution in [2.75, 3.05) is 5.32 Å². The van der Waals surface area contributed by atoms with Crippen molar-refractivity contribution in [3.05, 3.63) is 66.1 Å². The number of hydrogen-bond donors (Lipinski definition) is 2. The van der Waals surface area contributed by atoms with Crippen LogP contribution < -0.4 is 15.2 Å². The van der Waals surface area contributed by atoms with Crippen molar-refractivity contribution in [2.24, 2.45) is 7.05 Å². The Morgan fingerprint density at radius 2 is 1.68 bits per heavy atom. The number of aromatic nitrogens is 1. The van der Waals surface area contributed by atoms with E-state index in [1.165, 1.54) is 6.92 Å². The van der Waals surface area contributed by atoms with Crippen LogP contribution in [0.1, 0.15) is 12.5 Å². The van der Waals surface area contributed by atoms with E-state index >= 15 is 0 Å². The maximum absolute atomic E-state index is 12.3. The molecule has 0 saturated heterocycles. The summed E-state index contributed by atoms with van der Waals surface area (Å²) >= 11 is 0. The van der Waals surface area contributed by atoms with E-state index in [4.69, 9.17) is 0 Å². The highest BCUT2D eigenvalue weighted by molar-refractivity contribution is 6.08. The molecule has 0 aliphatic heterocycles. The van der Waals surface area contributed by atoms with Gasteiger partial charge in [0.2, 0.25) is 5.91 Å². The lowest BCUT2D eigenvalue weighted by molar-refractivity contribution is -0.671. The number of nitrogens with zero attached hydrogens (tertiary/aromatic N) is 1. The zero-order valence-electron chi connectivity index (χ0n) is 12.5. The smallest absolute Gasteiger partial charge is 0.272 e. The summed E-state index contributed by atoms with van der Waals surface area (Å²) in [7, 11) is 1.91. The summed E-state index contributed by atoms with van der Waals surface area (Å²) in [6.07, 6.45) is 5.37. The third kappa shape index (κ3) is 4.56. The first kappa shape index (κ1) is 15.4. The Balaban J connectivity index is 2.23. The van der Waals surface area contributed by atoms with Gasteiger partial charge in [-0.25, -0.2) is 4.57 Å².